The van der Waals surface area contributed by atoms with Crippen LogP contribution in [0.25, 0.3) is 6.08 Å². The van der Waals surface area contributed by atoms with Crippen LogP contribution in [0.1, 0.15) is 15.9 Å². The van der Waals surface area contributed by atoms with E-state index in [2.05, 4.69) is 10.3 Å². The Morgan fingerprint density at radius 2 is 1.92 bits per heavy atom. The van der Waals surface area contributed by atoms with E-state index in [1.54, 1.807) is 30.6 Å². The van der Waals surface area contributed by atoms with Crippen molar-refractivity contribution in [3.8, 4) is 0 Å². The van der Waals surface area contributed by atoms with Crippen molar-refractivity contribution in [2.24, 2.45) is 0 Å². The molecule has 0 spiro atoms. The Kier molecular flexibility index (Phi) is 8.14. The van der Waals surface area contributed by atoms with Crippen molar-refractivity contribution in [2.75, 3.05) is 24.4 Å². The van der Waals surface area contributed by atoms with Crippen molar-refractivity contribution in [1.82, 2.24) is 15.2 Å². The number of anilines is 1. The molecule has 9 nitrogen and oxygen atoms in total. The fourth-order valence-electron chi connectivity index (χ4n) is 3.47. The summed E-state index contributed by atoms with van der Waals surface area (Å²) in [5.74, 6) is -1.69. The molecule has 13 heteroatoms. The van der Waals surface area contributed by atoms with Crippen LogP contribution >= 0.6 is 23.4 Å². The Balaban J connectivity index is 1.43. The molecule has 38 heavy (non-hydrogen) atoms. The number of amides is 3. The van der Waals surface area contributed by atoms with Gasteiger partial charge in [-0.1, -0.05) is 17.7 Å². The highest BCUT2D eigenvalue weighted by molar-refractivity contribution is 8.18. The number of imide groups is 1. The predicted molar refractivity (Wildman–Crippen MR) is 143 cm³/mol. The Hall–Kier alpha value is -3.74. The van der Waals surface area contributed by atoms with Gasteiger partial charge in [-0.25, -0.2) is 12.8 Å². The van der Waals surface area contributed by atoms with Crippen LogP contribution < -0.4 is 9.62 Å². The molecule has 0 saturated carbocycles. The minimum atomic E-state index is -4.10. The highest BCUT2D eigenvalue weighted by Crippen LogP contribution is 2.32. The van der Waals surface area contributed by atoms with E-state index < -0.39 is 32.9 Å². The van der Waals surface area contributed by atoms with Gasteiger partial charge in [0.25, 0.3) is 27.1 Å². The zero-order chi connectivity index (χ0) is 27.4. The zero-order valence-electron chi connectivity index (χ0n) is 19.8. The number of thioether (sulfide) groups is 1. The molecule has 1 aliphatic heterocycles. The predicted octanol–water partition coefficient (Wildman–Crippen LogP) is 4.17. The van der Waals surface area contributed by atoms with E-state index >= 15 is 0 Å². The van der Waals surface area contributed by atoms with Crippen LogP contribution in [0.5, 0.6) is 0 Å². The van der Waals surface area contributed by atoms with Gasteiger partial charge in [-0.2, -0.15) is 0 Å². The lowest BCUT2D eigenvalue weighted by Gasteiger charge is -2.20. The highest BCUT2D eigenvalue weighted by Gasteiger charge is 2.34. The van der Waals surface area contributed by atoms with E-state index in [-0.39, 0.29) is 39.2 Å². The number of nitrogens with zero attached hydrogens (tertiary/aromatic N) is 3. The van der Waals surface area contributed by atoms with Gasteiger partial charge in [0.1, 0.15) is 5.82 Å². The molecule has 3 aromatic rings. The van der Waals surface area contributed by atoms with Crippen LogP contribution in [0.2, 0.25) is 5.02 Å². The lowest BCUT2D eigenvalue weighted by molar-refractivity contribution is -0.122. The Labute approximate surface area is 227 Å². The largest absolute Gasteiger partial charge is 0.350 e. The van der Waals surface area contributed by atoms with Crippen LogP contribution in [0.3, 0.4) is 0 Å². The Bertz CT molecular complexity index is 1530. The maximum Gasteiger partial charge on any atom is 0.293 e. The van der Waals surface area contributed by atoms with Gasteiger partial charge >= 0.3 is 0 Å². The summed E-state index contributed by atoms with van der Waals surface area (Å²) in [6.07, 6.45) is 4.71. The summed E-state index contributed by atoms with van der Waals surface area (Å²) in [7, 11) is -2.79. The monoisotopic (exact) mass is 574 g/mol. The van der Waals surface area contributed by atoms with Crippen molar-refractivity contribution in [2.45, 2.75) is 4.90 Å². The van der Waals surface area contributed by atoms with Gasteiger partial charge in [-0.05, 0) is 71.9 Å². The second-order valence-corrected chi connectivity index (χ2v) is 11.3. The maximum absolute atomic E-state index is 13.2. The van der Waals surface area contributed by atoms with Crippen molar-refractivity contribution < 1.29 is 27.2 Å². The minimum absolute atomic E-state index is 0.0106. The number of aromatic nitrogens is 1. The van der Waals surface area contributed by atoms with Crippen LogP contribution in [-0.2, 0) is 14.8 Å². The van der Waals surface area contributed by atoms with Gasteiger partial charge in [0.15, 0.2) is 0 Å². The molecule has 2 heterocycles. The third-order valence-electron chi connectivity index (χ3n) is 5.51. The molecular formula is C25H20ClFN4O5S2. The average molecular weight is 575 g/mol. The van der Waals surface area contributed by atoms with Gasteiger partial charge in [0.05, 0.1) is 26.1 Å². The molecule has 0 unspecified atom stereocenters. The van der Waals surface area contributed by atoms with Gasteiger partial charge in [-0.15, -0.1) is 0 Å². The lowest BCUT2D eigenvalue weighted by Crippen LogP contribution is -2.37. The highest BCUT2D eigenvalue weighted by atomic mass is 35.5. The smallest absolute Gasteiger partial charge is 0.293 e. The number of hydrogen-bond donors (Lipinski definition) is 1. The summed E-state index contributed by atoms with van der Waals surface area (Å²) < 4.78 is 40.4. The number of sulfonamides is 1. The Morgan fingerprint density at radius 1 is 1.18 bits per heavy atom. The molecule has 1 aromatic heterocycles. The summed E-state index contributed by atoms with van der Waals surface area (Å²) in [5.41, 5.74) is 0.786. The lowest BCUT2D eigenvalue weighted by atomic mass is 10.2. The first kappa shape index (κ1) is 27.3. The summed E-state index contributed by atoms with van der Waals surface area (Å²) >= 11 is 6.94. The SMILES string of the molecule is CN(c1ccc(F)cc1)S(=O)(=O)c1ccc(Cl)c(C(=O)NCCN2C(=O)S/C(=C\c3cccnc3)C2=O)c1. The average Bonchev–Trinajstić information content (AvgIpc) is 3.16. The van der Waals surface area contributed by atoms with Crippen LogP contribution in [0.15, 0.2) is 76.8 Å². The topological polar surface area (TPSA) is 117 Å². The number of pyridine rings is 1. The molecule has 1 N–H and O–H groups in total. The molecule has 0 bridgehead atoms. The molecule has 4 rings (SSSR count). The molecule has 0 radical (unpaired) electrons. The van der Waals surface area contributed by atoms with Crippen LogP contribution in [0, 0.1) is 5.82 Å². The van der Waals surface area contributed by atoms with E-state index in [1.807, 2.05) is 0 Å². The number of carbonyl (C=O) groups is 3. The van der Waals surface area contributed by atoms with Gasteiger partial charge < -0.3 is 5.32 Å². The summed E-state index contributed by atoms with van der Waals surface area (Å²) in [5, 5.41) is 2.09. The number of rotatable bonds is 8. The number of halogens is 2. The zero-order valence-corrected chi connectivity index (χ0v) is 22.2. The van der Waals surface area contributed by atoms with E-state index in [0.717, 1.165) is 39.2 Å². The molecule has 196 valence electrons. The first-order valence-corrected chi connectivity index (χ1v) is 13.7. The molecule has 0 atom stereocenters. The number of nitrogens with one attached hydrogen (secondary N) is 1. The number of benzene rings is 2. The summed E-state index contributed by atoms with van der Waals surface area (Å²) in [6, 6.07) is 12.0. The molecule has 1 aliphatic rings. The van der Waals surface area contributed by atoms with Crippen LogP contribution in [-0.4, -0.2) is 55.5 Å². The van der Waals surface area contributed by atoms with E-state index in [4.69, 9.17) is 11.6 Å². The molecular weight excluding hydrogens is 555 g/mol. The van der Waals surface area contributed by atoms with Crippen molar-refractivity contribution in [1.29, 1.82) is 0 Å². The third-order valence-corrected chi connectivity index (χ3v) is 8.53. The second kappa shape index (κ2) is 11.3. The standard InChI is InChI=1S/C25H20ClFN4O5S2/c1-30(18-6-4-17(27)5-7-18)38(35,36)19-8-9-21(26)20(14-19)23(32)29-11-12-31-24(33)22(37-25(31)34)13-16-3-2-10-28-15-16/h2-10,13-15H,11-12H2,1H3,(H,29,32)/b22-13-. The second-order valence-electron chi connectivity index (χ2n) is 7.97. The maximum atomic E-state index is 13.2. The van der Waals surface area contributed by atoms with E-state index in [1.165, 1.54) is 31.3 Å². The molecule has 3 amide bonds. The molecule has 0 aliphatic carbocycles. The molecule has 1 fully saturated rings. The van der Waals surface area contributed by atoms with E-state index in [9.17, 15) is 27.2 Å². The van der Waals surface area contributed by atoms with Gasteiger partial charge in [0, 0.05) is 32.5 Å². The first-order valence-electron chi connectivity index (χ1n) is 11.1. The van der Waals surface area contributed by atoms with Crippen molar-refractivity contribution >= 4 is 62.2 Å². The first-order chi connectivity index (χ1) is 18.1. The fraction of sp³-hybridized carbons (Fsp3) is 0.120. The van der Waals surface area contributed by atoms with Gasteiger partial charge in [0.2, 0.25) is 0 Å². The third kappa shape index (κ3) is 5.87. The normalized spacial score (nSPS) is 14.7. The minimum Gasteiger partial charge on any atom is -0.350 e. The molecule has 2 aromatic carbocycles. The van der Waals surface area contributed by atoms with E-state index in [0.29, 0.717) is 5.56 Å². The quantitative estimate of drug-likeness (QED) is 0.401. The Morgan fingerprint density at radius 3 is 2.61 bits per heavy atom. The number of carbonyl (C=O) groups excluding carboxylic acids is 3. The van der Waals surface area contributed by atoms with Crippen molar-refractivity contribution in [3.63, 3.8) is 0 Å². The van der Waals surface area contributed by atoms with Gasteiger partial charge in [-0.3, -0.25) is 28.6 Å². The summed E-state index contributed by atoms with van der Waals surface area (Å²) in [6.45, 7) is -0.177. The number of hydrogen-bond acceptors (Lipinski definition) is 7. The van der Waals surface area contributed by atoms with Crippen molar-refractivity contribution in [3.05, 3.63) is 93.9 Å². The van der Waals surface area contributed by atoms with Crippen LogP contribution in [0.4, 0.5) is 14.9 Å². The summed E-state index contributed by atoms with van der Waals surface area (Å²) in [4.78, 5) is 42.8. The molecule has 1 saturated heterocycles. The fourth-order valence-corrected chi connectivity index (χ4v) is 5.76.